The molecule has 0 amide bonds. The van der Waals surface area contributed by atoms with Gasteiger partial charge in [0.1, 0.15) is 5.15 Å². The van der Waals surface area contributed by atoms with Gasteiger partial charge in [-0.2, -0.15) is 0 Å². The first-order valence-corrected chi connectivity index (χ1v) is 8.36. The van der Waals surface area contributed by atoms with Crippen molar-refractivity contribution < 1.29 is 0 Å². The Kier molecular flexibility index (Phi) is 4.60. The van der Waals surface area contributed by atoms with Crippen LogP contribution in [0.5, 0.6) is 0 Å². The van der Waals surface area contributed by atoms with E-state index in [2.05, 4.69) is 36.2 Å². The zero-order valence-electron chi connectivity index (χ0n) is 12.6. The molecule has 1 aromatic carbocycles. The average molecular weight is 300 g/mol. The molecule has 0 atom stereocenters. The molecule has 0 bridgehead atoms. The average Bonchev–Trinajstić information content (AvgIpc) is 2.56. The van der Waals surface area contributed by atoms with E-state index in [4.69, 9.17) is 11.6 Å². The van der Waals surface area contributed by atoms with Crippen molar-refractivity contribution in [3.05, 3.63) is 53.3 Å². The summed E-state index contributed by atoms with van der Waals surface area (Å²) < 4.78 is 0. The molecule has 0 saturated heterocycles. The molecule has 1 aromatic heterocycles. The highest BCUT2D eigenvalue weighted by Gasteiger charge is 2.21. The first-order chi connectivity index (χ1) is 10.3. The lowest BCUT2D eigenvalue weighted by Crippen LogP contribution is -2.12. The Hall–Kier alpha value is -1.34. The minimum Gasteiger partial charge on any atom is -0.244 e. The molecule has 0 spiro atoms. The fraction of sp³-hybridized carbons (Fsp3) is 0.421. The third-order valence-electron chi connectivity index (χ3n) is 4.87. The highest BCUT2D eigenvalue weighted by atomic mass is 35.5. The van der Waals surface area contributed by atoms with Gasteiger partial charge in [-0.05, 0) is 60.8 Å². The highest BCUT2D eigenvalue weighted by molar-refractivity contribution is 6.29. The first kappa shape index (κ1) is 14.6. The second-order valence-corrected chi connectivity index (χ2v) is 6.50. The van der Waals surface area contributed by atoms with E-state index < -0.39 is 0 Å². The van der Waals surface area contributed by atoms with Gasteiger partial charge in [0.2, 0.25) is 0 Å². The second kappa shape index (κ2) is 6.62. The van der Waals surface area contributed by atoms with Crippen LogP contribution in [0, 0.1) is 5.92 Å². The van der Waals surface area contributed by atoms with Crippen molar-refractivity contribution >= 4 is 11.6 Å². The number of rotatable bonds is 3. The van der Waals surface area contributed by atoms with Gasteiger partial charge in [0.25, 0.3) is 0 Å². The summed E-state index contributed by atoms with van der Waals surface area (Å²) in [5.74, 6) is 1.71. The van der Waals surface area contributed by atoms with E-state index in [9.17, 15) is 0 Å². The maximum absolute atomic E-state index is 5.84. The van der Waals surface area contributed by atoms with Gasteiger partial charge < -0.3 is 0 Å². The number of hydrogen-bond donors (Lipinski definition) is 0. The van der Waals surface area contributed by atoms with Crippen LogP contribution in [0.2, 0.25) is 5.15 Å². The Morgan fingerprint density at radius 3 is 2.19 bits per heavy atom. The van der Waals surface area contributed by atoms with Crippen LogP contribution in [0.3, 0.4) is 0 Å². The molecule has 1 aliphatic carbocycles. The van der Waals surface area contributed by atoms with Crippen molar-refractivity contribution in [1.82, 2.24) is 4.98 Å². The van der Waals surface area contributed by atoms with Crippen molar-refractivity contribution in [3.8, 4) is 11.1 Å². The van der Waals surface area contributed by atoms with Crippen LogP contribution in [0.25, 0.3) is 11.1 Å². The van der Waals surface area contributed by atoms with E-state index in [1.807, 2.05) is 18.3 Å². The van der Waals surface area contributed by atoms with Crippen molar-refractivity contribution in [2.45, 2.75) is 44.9 Å². The molecule has 0 radical (unpaired) electrons. The minimum atomic E-state index is 0.544. The van der Waals surface area contributed by atoms with E-state index in [1.54, 1.807) is 0 Å². The molecule has 1 fully saturated rings. The summed E-state index contributed by atoms with van der Waals surface area (Å²) in [5, 5.41) is 0.544. The van der Waals surface area contributed by atoms with Crippen molar-refractivity contribution in [3.63, 3.8) is 0 Å². The van der Waals surface area contributed by atoms with E-state index >= 15 is 0 Å². The molecule has 3 rings (SSSR count). The maximum Gasteiger partial charge on any atom is 0.129 e. The maximum atomic E-state index is 5.84. The molecule has 1 heterocycles. The van der Waals surface area contributed by atoms with Crippen molar-refractivity contribution in [2.75, 3.05) is 0 Å². The number of halogens is 1. The molecule has 21 heavy (non-hydrogen) atoms. The third-order valence-corrected chi connectivity index (χ3v) is 5.09. The fourth-order valence-electron chi connectivity index (χ4n) is 3.40. The summed E-state index contributed by atoms with van der Waals surface area (Å²) >= 11 is 5.84. The molecule has 2 heteroatoms. The summed E-state index contributed by atoms with van der Waals surface area (Å²) in [4.78, 5) is 4.15. The molecule has 0 unspecified atom stereocenters. The van der Waals surface area contributed by atoms with Gasteiger partial charge in [0.15, 0.2) is 0 Å². The van der Waals surface area contributed by atoms with E-state index in [0.717, 1.165) is 17.4 Å². The SMILES string of the molecule is CCC1CCC(c2ccc(-c3ccc(Cl)nc3)cc2)CC1. The predicted octanol–water partition coefficient (Wildman–Crippen LogP) is 6.09. The molecule has 110 valence electrons. The van der Waals surface area contributed by atoms with Gasteiger partial charge in [-0.15, -0.1) is 0 Å². The summed E-state index contributed by atoms with van der Waals surface area (Å²) in [6.07, 6.45) is 8.66. The standard InChI is InChI=1S/C19H22ClN/c1-2-14-3-5-15(6-4-14)16-7-9-17(10-8-16)18-11-12-19(20)21-13-18/h7-15H,2-6H2,1H3. The lowest BCUT2D eigenvalue weighted by atomic mass is 9.78. The Bertz CT molecular complexity index is 566. The van der Waals surface area contributed by atoms with Crippen molar-refractivity contribution in [2.24, 2.45) is 5.92 Å². The van der Waals surface area contributed by atoms with Gasteiger partial charge in [-0.3, -0.25) is 0 Å². The summed E-state index contributed by atoms with van der Waals surface area (Å²) in [6.45, 7) is 2.32. The largest absolute Gasteiger partial charge is 0.244 e. The summed E-state index contributed by atoms with van der Waals surface area (Å²) in [6, 6.07) is 12.9. The van der Waals surface area contributed by atoms with Crippen LogP contribution < -0.4 is 0 Å². The molecular formula is C19H22ClN. The summed E-state index contributed by atoms with van der Waals surface area (Å²) in [5.41, 5.74) is 3.83. The first-order valence-electron chi connectivity index (χ1n) is 7.98. The van der Waals surface area contributed by atoms with E-state index in [-0.39, 0.29) is 0 Å². The lowest BCUT2D eigenvalue weighted by molar-refractivity contribution is 0.319. The van der Waals surface area contributed by atoms with Crippen LogP contribution in [0.1, 0.15) is 50.5 Å². The Balaban J connectivity index is 1.71. The zero-order chi connectivity index (χ0) is 14.7. The lowest BCUT2D eigenvalue weighted by Gasteiger charge is -2.28. The number of hydrogen-bond acceptors (Lipinski definition) is 1. The molecule has 1 aliphatic rings. The Morgan fingerprint density at radius 2 is 1.62 bits per heavy atom. The minimum absolute atomic E-state index is 0.544. The van der Waals surface area contributed by atoms with Gasteiger partial charge in [0, 0.05) is 11.8 Å². The fourth-order valence-corrected chi connectivity index (χ4v) is 3.51. The van der Waals surface area contributed by atoms with Crippen LogP contribution in [-0.4, -0.2) is 4.98 Å². The van der Waals surface area contributed by atoms with Crippen LogP contribution in [-0.2, 0) is 0 Å². The highest BCUT2D eigenvalue weighted by Crippen LogP contribution is 2.37. The van der Waals surface area contributed by atoms with E-state index in [0.29, 0.717) is 5.15 Å². The number of nitrogens with zero attached hydrogens (tertiary/aromatic N) is 1. The topological polar surface area (TPSA) is 12.9 Å². The van der Waals surface area contributed by atoms with E-state index in [1.165, 1.54) is 43.2 Å². The molecule has 2 aromatic rings. The molecule has 0 aliphatic heterocycles. The van der Waals surface area contributed by atoms with Gasteiger partial charge in [-0.25, -0.2) is 4.98 Å². The predicted molar refractivity (Wildman–Crippen MR) is 89.7 cm³/mol. The van der Waals surface area contributed by atoms with Crippen LogP contribution in [0.15, 0.2) is 42.6 Å². The third kappa shape index (κ3) is 3.47. The number of pyridine rings is 1. The zero-order valence-corrected chi connectivity index (χ0v) is 13.3. The normalized spacial score (nSPS) is 22.2. The van der Waals surface area contributed by atoms with Crippen LogP contribution in [0.4, 0.5) is 0 Å². The number of benzene rings is 1. The molecular weight excluding hydrogens is 278 g/mol. The van der Waals surface area contributed by atoms with Crippen LogP contribution >= 0.6 is 11.6 Å². The Labute approximate surface area is 132 Å². The quantitative estimate of drug-likeness (QED) is 0.625. The smallest absolute Gasteiger partial charge is 0.129 e. The second-order valence-electron chi connectivity index (χ2n) is 6.12. The molecule has 1 nitrogen and oxygen atoms in total. The van der Waals surface area contributed by atoms with Gasteiger partial charge >= 0.3 is 0 Å². The van der Waals surface area contributed by atoms with Crippen molar-refractivity contribution in [1.29, 1.82) is 0 Å². The van der Waals surface area contributed by atoms with Gasteiger partial charge in [-0.1, -0.05) is 49.2 Å². The van der Waals surface area contributed by atoms with Gasteiger partial charge in [0.05, 0.1) is 0 Å². The monoisotopic (exact) mass is 299 g/mol. The Morgan fingerprint density at radius 1 is 0.952 bits per heavy atom. The molecule has 1 saturated carbocycles. The molecule has 0 N–H and O–H groups in total. The summed E-state index contributed by atoms with van der Waals surface area (Å²) in [7, 11) is 0. The number of aromatic nitrogens is 1.